The van der Waals surface area contributed by atoms with Gasteiger partial charge in [-0.25, -0.2) is 9.37 Å². The third kappa shape index (κ3) is 3.44. The lowest BCUT2D eigenvalue weighted by atomic mass is 10.1. The van der Waals surface area contributed by atoms with Crippen LogP contribution in [0.4, 0.5) is 17.6 Å². The first-order chi connectivity index (χ1) is 12.3. The summed E-state index contributed by atoms with van der Waals surface area (Å²) in [6.45, 7) is 0. The molecular formula is C18H10F4N2OS. The minimum absolute atomic E-state index is 0.0419. The van der Waals surface area contributed by atoms with E-state index in [9.17, 15) is 22.7 Å². The van der Waals surface area contributed by atoms with Gasteiger partial charge in [-0.2, -0.15) is 18.4 Å². The molecule has 8 heteroatoms. The van der Waals surface area contributed by atoms with Crippen LogP contribution in [-0.4, -0.2) is 10.1 Å². The Labute approximate surface area is 149 Å². The van der Waals surface area contributed by atoms with Crippen LogP contribution in [0.5, 0.6) is 5.88 Å². The second kappa shape index (κ2) is 6.84. The van der Waals surface area contributed by atoms with Crippen LogP contribution in [-0.2, 0) is 11.9 Å². The van der Waals surface area contributed by atoms with Gasteiger partial charge in [0.2, 0.25) is 5.88 Å². The molecule has 0 spiro atoms. The highest BCUT2D eigenvalue weighted by atomic mass is 32.2. The van der Waals surface area contributed by atoms with Crippen LogP contribution in [0.25, 0.3) is 10.8 Å². The number of thioether (sulfide) groups is 1. The summed E-state index contributed by atoms with van der Waals surface area (Å²) in [7, 11) is 0. The quantitative estimate of drug-likeness (QED) is 0.499. The highest BCUT2D eigenvalue weighted by Crippen LogP contribution is 2.37. The second-order valence-corrected chi connectivity index (χ2v) is 6.32. The minimum Gasteiger partial charge on any atom is -0.492 e. The summed E-state index contributed by atoms with van der Waals surface area (Å²) in [4.78, 5) is 3.87. The van der Waals surface area contributed by atoms with Crippen LogP contribution >= 0.6 is 11.8 Å². The van der Waals surface area contributed by atoms with E-state index in [0.29, 0.717) is 0 Å². The molecule has 0 aliphatic carbocycles. The van der Waals surface area contributed by atoms with Crippen molar-refractivity contribution in [3.05, 3.63) is 65.0 Å². The lowest BCUT2D eigenvalue weighted by Crippen LogP contribution is -2.08. The summed E-state index contributed by atoms with van der Waals surface area (Å²) in [5.41, 5.74) is -0.832. The maximum absolute atomic E-state index is 13.6. The van der Waals surface area contributed by atoms with Crippen molar-refractivity contribution in [1.82, 2.24) is 4.98 Å². The number of nitrogens with zero attached hydrogens (tertiary/aromatic N) is 2. The lowest BCUT2D eigenvalue weighted by molar-refractivity contribution is -0.138. The number of alkyl halides is 3. The number of benzene rings is 2. The fraction of sp³-hybridized carbons (Fsp3) is 0.111. The van der Waals surface area contributed by atoms with Crippen molar-refractivity contribution in [3.8, 4) is 11.9 Å². The van der Waals surface area contributed by atoms with Gasteiger partial charge < -0.3 is 5.11 Å². The first-order valence-electron chi connectivity index (χ1n) is 7.31. The van der Waals surface area contributed by atoms with Crippen molar-refractivity contribution in [3.63, 3.8) is 0 Å². The van der Waals surface area contributed by atoms with Crippen LogP contribution in [0.2, 0.25) is 0 Å². The van der Waals surface area contributed by atoms with E-state index in [4.69, 9.17) is 5.26 Å². The molecule has 1 N–H and O–H groups in total. The van der Waals surface area contributed by atoms with E-state index in [1.54, 1.807) is 6.07 Å². The Hall–Kier alpha value is -2.79. The maximum Gasteiger partial charge on any atom is 0.416 e. The van der Waals surface area contributed by atoms with Gasteiger partial charge in [0, 0.05) is 16.5 Å². The fourth-order valence-electron chi connectivity index (χ4n) is 2.53. The zero-order chi connectivity index (χ0) is 18.9. The standard InChI is InChI=1S/C18H10F4N2OS/c19-11-5-6-12-13(7-11)17(24-16(25)14(12)8-23)26-9-10-3-1-2-4-15(10)18(20,21)22/h1-7H,9H2,(H,24,25). The molecule has 132 valence electrons. The number of fused-ring (bicyclic) bond motifs is 1. The van der Waals surface area contributed by atoms with Crippen LogP contribution in [0, 0.1) is 17.1 Å². The van der Waals surface area contributed by atoms with Crippen molar-refractivity contribution in [1.29, 1.82) is 5.26 Å². The van der Waals surface area contributed by atoms with Gasteiger partial charge in [-0.1, -0.05) is 18.2 Å². The molecule has 1 heterocycles. The highest BCUT2D eigenvalue weighted by Gasteiger charge is 2.32. The van der Waals surface area contributed by atoms with Gasteiger partial charge in [-0.15, -0.1) is 11.8 Å². The average Bonchev–Trinajstić information content (AvgIpc) is 2.59. The molecule has 0 aliphatic heterocycles. The Bertz CT molecular complexity index is 1030. The van der Waals surface area contributed by atoms with Crippen molar-refractivity contribution >= 4 is 22.5 Å². The first kappa shape index (κ1) is 18.0. The van der Waals surface area contributed by atoms with E-state index >= 15 is 0 Å². The van der Waals surface area contributed by atoms with E-state index in [2.05, 4.69) is 4.98 Å². The van der Waals surface area contributed by atoms with E-state index in [1.807, 2.05) is 0 Å². The van der Waals surface area contributed by atoms with Crippen LogP contribution in [0.15, 0.2) is 47.5 Å². The molecule has 0 atom stereocenters. The summed E-state index contributed by atoms with van der Waals surface area (Å²) < 4.78 is 52.9. The fourth-order valence-corrected chi connectivity index (χ4v) is 3.55. The van der Waals surface area contributed by atoms with Gasteiger partial charge in [0.1, 0.15) is 22.5 Å². The summed E-state index contributed by atoms with van der Waals surface area (Å²) >= 11 is 0.928. The largest absolute Gasteiger partial charge is 0.492 e. The number of hydrogen-bond acceptors (Lipinski definition) is 4. The number of hydrogen-bond donors (Lipinski definition) is 1. The molecule has 1 aromatic heterocycles. The first-order valence-corrected chi connectivity index (χ1v) is 8.30. The smallest absolute Gasteiger partial charge is 0.416 e. The normalized spacial score (nSPS) is 11.5. The average molecular weight is 378 g/mol. The number of pyridine rings is 1. The van der Waals surface area contributed by atoms with Crippen LogP contribution in [0.3, 0.4) is 0 Å². The molecule has 3 aromatic rings. The van der Waals surface area contributed by atoms with Gasteiger partial charge in [0.05, 0.1) is 5.56 Å². The molecule has 26 heavy (non-hydrogen) atoms. The lowest BCUT2D eigenvalue weighted by Gasteiger charge is -2.13. The molecule has 0 saturated heterocycles. The topological polar surface area (TPSA) is 56.9 Å². The third-order valence-corrected chi connectivity index (χ3v) is 4.75. The Morgan fingerprint density at radius 3 is 2.54 bits per heavy atom. The van der Waals surface area contributed by atoms with Crippen LogP contribution < -0.4 is 0 Å². The van der Waals surface area contributed by atoms with E-state index in [-0.39, 0.29) is 32.7 Å². The predicted octanol–water partition coefficient (Wildman–Crippen LogP) is 5.26. The van der Waals surface area contributed by atoms with Crippen molar-refractivity contribution in [2.45, 2.75) is 17.0 Å². The van der Waals surface area contributed by atoms with E-state index < -0.39 is 23.4 Å². The number of aromatic hydroxyl groups is 1. The summed E-state index contributed by atoms with van der Waals surface area (Å²) in [6.07, 6.45) is -4.49. The summed E-state index contributed by atoms with van der Waals surface area (Å²) in [5.74, 6) is -1.20. The number of rotatable bonds is 3. The summed E-state index contributed by atoms with van der Waals surface area (Å²) in [5, 5.41) is 19.7. The minimum atomic E-state index is -4.49. The zero-order valence-corrected chi connectivity index (χ0v) is 13.8. The number of halogens is 4. The molecule has 0 radical (unpaired) electrons. The van der Waals surface area contributed by atoms with Gasteiger partial charge in [-0.05, 0) is 29.8 Å². The van der Waals surface area contributed by atoms with Gasteiger partial charge in [0.25, 0.3) is 0 Å². The molecule has 0 saturated carbocycles. The molecule has 0 amide bonds. The molecule has 3 rings (SSSR count). The Morgan fingerprint density at radius 2 is 1.85 bits per heavy atom. The van der Waals surface area contributed by atoms with Gasteiger partial charge in [0.15, 0.2) is 0 Å². The highest BCUT2D eigenvalue weighted by molar-refractivity contribution is 7.98. The Morgan fingerprint density at radius 1 is 1.12 bits per heavy atom. The van der Waals surface area contributed by atoms with Crippen LogP contribution in [0.1, 0.15) is 16.7 Å². The third-order valence-electron chi connectivity index (χ3n) is 3.71. The van der Waals surface area contributed by atoms with E-state index in [1.165, 1.54) is 24.3 Å². The van der Waals surface area contributed by atoms with Gasteiger partial charge >= 0.3 is 6.18 Å². The van der Waals surface area contributed by atoms with E-state index in [0.717, 1.165) is 30.0 Å². The number of nitriles is 1. The Balaban J connectivity index is 2.04. The molecule has 3 nitrogen and oxygen atoms in total. The van der Waals surface area contributed by atoms with Crippen molar-refractivity contribution < 1.29 is 22.7 Å². The summed E-state index contributed by atoms with van der Waals surface area (Å²) in [6, 6.07) is 10.5. The number of aromatic nitrogens is 1. The Kier molecular flexibility index (Phi) is 4.74. The molecule has 0 bridgehead atoms. The van der Waals surface area contributed by atoms with Gasteiger partial charge in [-0.3, -0.25) is 0 Å². The van der Waals surface area contributed by atoms with Crippen molar-refractivity contribution in [2.75, 3.05) is 0 Å². The molecule has 0 unspecified atom stereocenters. The monoisotopic (exact) mass is 378 g/mol. The molecule has 0 fully saturated rings. The zero-order valence-electron chi connectivity index (χ0n) is 13.0. The SMILES string of the molecule is N#Cc1c(O)nc(SCc2ccccc2C(F)(F)F)c2cc(F)ccc12. The molecular weight excluding hydrogens is 368 g/mol. The maximum atomic E-state index is 13.6. The second-order valence-electron chi connectivity index (χ2n) is 5.36. The molecule has 0 aliphatic rings. The predicted molar refractivity (Wildman–Crippen MR) is 89.1 cm³/mol. The molecule has 2 aromatic carbocycles. The van der Waals surface area contributed by atoms with Crippen molar-refractivity contribution in [2.24, 2.45) is 0 Å².